The highest BCUT2D eigenvalue weighted by molar-refractivity contribution is 9.09. The fourth-order valence-electron chi connectivity index (χ4n) is 1.15. The first kappa shape index (κ1) is 14.3. The second-order valence-corrected chi connectivity index (χ2v) is 4.56. The quantitative estimate of drug-likeness (QED) is 0.774. The van der Waals surface area contributed by atoms with Crippen molar-refractivity contribution >= 4 is 33.3 Å². The number of ketones is 1. The normalized spacial score (nSPS) is 13.3. The molecule has 0 amide bonds. The van der Waals surface area contributed by atoms with Crippen molar-refractivity contribution in [1.82, 2.24) is 0 Å². The molecule has 0 bridgehead atoms. The van der Waals surface area contributed by atoms with Crippen LogP contribution in [0.3, 0.4) is 0 Å². The number of benzene rings is 1. The third kappa shape index (κ3) is 4.20. The second kappa shape index (κ2) is 5.27. The minimum Gasteiger partial charge on any atom is -0.405 e. The minimum absolute atomic E-state index is 0.0826. The first-order valence-electron chi connectivity index (χ1n) is 4.40. The number of halogens is 5. The van der Waals surface area contributed by atoms with E-state index in [2.05, 4.69) is 20.7 Å². The lowest BCUT2D eigenvalue weighted by Gasteiger charge is -2.15. The molecule has 0 N–H and O–H groups in total. The number of carbonyl (C=O) groups excluding carboxylic acids is 1. The summed E-state index contributed by atoms with van der Waals surface area (Å²) in [5.41, 5.74) is 0.0826. The summed E-state index contributed by atoms with van der Waals surface area (Å²) in [6.45, 7) is 1.26. The molecule has 0 spiro atoms. The van der Waals surface area contributed by atoms with E-state index in [0.29, 0.717) is 0 Å². The monoisotopic (exact) mass is 330 g/mol. The zero-order valence-corrected chi connectivity index (χ0v) is 10.9. The van der Waals surface area contributed by atoms with Crippen molar-refractivity contribution in [3.8, 4) is 5.75 Å². The Hall–Kier alpha value is -0.750. The van der Waals surface area contributed by atoms with E-state index in [1.54, 1.807) is 0 Å². The molecule has 0 aliphatic rings. The maximum absolute atomic E-state index is 12.2. The Bertz CT molecular complexity index is 434. The molecule has 1 rings (SSSR count). The molecule has 0 aliphatic heterocycles. The molecule has 7 heteroatoms. The van der Waals surface area contributed by atoms with Gasteiger partial charge in [0.1, 0.15) is 16.4 Å². The van der Waals surface area contributed by atoms with Crippen molar-refractivity contribution < 1.29 is 22.7 Å². The minimum atomic E-state index is -4.83. The summed E-state index contributed by atoms with van der Waals surface area (Å²) in [5, 5.41) is 0.0938. The van der Waals surface area contributed by atoms with Crippen LogP contribution >= 0.6 is 27.5 Å². The fourth-order valence-corrected chi connectivity index (χ4v) is 1.69. The predicted octanol–water partition coefficient (Wildman–Crippen LogP) is 4.26. The molecule has 1 aromatic rings. The van der Waals surface area contributed by atoms with Gasteiger partial charge in [-0.2, -0.15) is 0 Å². The van der Waals surface area contributed by atoms with Gasteiger partial charge in [0.05, 0.1) is 0 Å². The molecule has 1 atom stereocenters. The van der Waals surface area contributed by atoms with E-state index in [1.807, 2.05) is 0 Å². The molecule has 94 valence electrons. The Kier molecular flexibility index (Phi) is 4.43. The van der Waals surface area contributed by atoms with Crippen LogP contribution in [-0.4, -0.2) is 12.1 Å². The molecular weight excluding hydrogens is 324 g/mol. The van der Waals surface area contributed by atoms with Gasteiger partial charge in [-0.3, -0.25) is 4.79 Å². The molecule has 2 nitrogen and oxygen atoms in total. The highest BCUT2D eigenvalue weighted by atomic mass is 79.9. The molecule has 17 heavy (non-hydrogen) atoms. The average Bonchev–Trinajstić information content (AvgIpc) is 2.14. The molecule has 0 saturated heterocycles. The number of hydrogen-bond acceptors (Lipinski definition) is 2. The van der Waals surface area contributed by atoms with E-state index < -0.39 is 16.9 Å². The Labute approximate surface area is 109 Å². The van der Waals surface area contributed by atoms with Gasteiger partial charge in [0, 0.05) is 10.6 Å². The number of hydrogen-bond donors (Lipinski definition) is 0. The van der Waals surface area contributed by atoms with E-state index in [1.165, 1.54) is 19.1 Å². The van der Waals surface area contributed by atoms with Crippen molar-refractivity contribution in [2.45, 2.75) is 18.1 Å². The summed E-state index contributed by atoms with van der Waals surface area (Å²) in [6.07, 6.45) is -4.83. The molecule has 0 heterocycles. The Morgan fingerprint density at radius 3 is 2.53 bits per heavy atom. The van der Waals surface area contributed by atoms with Crippen LogP contribution in [0.4, 0.5) is 13.2 Å². The molecule has 0 saturated carbocycles. The third-order valence-corrected chi connectivity index (χ3v) is 3.20. The van der Waals surface area contributed by atoms with Crippen LogP contribution in [0.25, 0.3) is 0 Å². The molecular formula is C10H7BrClF3O2. The fraction of sp³-hybridized carbons (Fsp3) is 0.300. The first-order valence-corrected chi connectivity index (χ1v) is 5.70. The van der Waals surface area contributed by atoms with Crippen LogP contribution in [0.2, 0.25) is 5.02 Å². The lowest BCUT2D eigenvalue weighted by molar-refractivity contribution is -0.274. The van der Waals surface area contributed by atoms with E-state index in [4.69, 9.17) is 11.6 Å². The molecule has 1 aromatic carbocycles. The molecule has 0 fully saturated rings. The maximum atomic E-state index is 12.2. The van der Waals surface area contributed by atoms with Crippen molar-refractivity contribution in [2.24, 2.45) is 0 Å². The van der Waals surface area contributed by atoms with E-state index in [-0.39, 0.29) is 16.4 Å². The van der Waals surface area contributed by atoms with Crippen molar-refractivity contribution in [3.05, 3.63) is 28.8 Å². The summed E-state index contributed by atoms with van der Waals surface area (Å²) >= 11 is 8.58. The van der Waals surface area contributed by atoms with E-state index >= 15 is 0 Å². The summed E-state index contributed by atoms with van der Waals surface area (Å²) in [4.78, 5) is 10.3. The smallest absolute Gasteiger partial charge is 0.405 e. The predicted molar refractivity (Wildman–Crippen MR) is 60.5 cm³/mol. The summed E-state index contributed by atoms with van der Waals surface area (Å²) < 4.78 is 40.3. The molecule has 1 unspecified atom stereocenters. The lowest BCUT2D eigenvalue weighted by atomic mass is 10.1. The van der Waals surface area contributed by atoms with Crippen molar-refractivity contribution in [1.29, 1.82) is 0 Å². The van der Waals surface area contributed by atoms with Gasteiger partial charge in [-0.05, 0) is 19.1 Å². The number of ether oxygens (including phenoxy) is 1. The van der Waals surface area contributed by atoms with E-state index in [0.717, 1.165) is 6.07 Å². The van der Waals surface area contributed by atoms with Gasteiger partial charge in [0.25, 0.3) is 0 Å². The first-order chi connectivity index (χ1) is 7.70. The van der Waals surface area contributed by atoms with Crippen LogP contribution in [0, 0.1) is 0 Å². The summed E-state index contributed by atoms with van der Waals surface area (Å²) in [6, 6.07) is 3.71. The number of rotatable bonds is 3. The van der Waals surface area contributed by atoms with Gasteiger partial charge in [0.2, 0.25) is 0 Å². The zero-order valence-electron chi connectivity index (χ0n) is 8.52. The van der Waals surface area contributed by atoms with Gasteiger partial charge in [-0.25, -0.2) is 0 Å². The maximum Gasteiger partial charge on any atom is 0.573 e. The Balaban J connectivity index is 3.17. The number of Topliss-reactive ketones (excluding diaryl/α,β-unsaturated/α-hetero) is 1. The van der Waals surface area contributed by atoms with Gasteiger partial charge >= 0.3 is 6.36 Å². The van der Waals surface area contributed by atoms with Crippen LogP contribution in [-0.2, 0) is 4.79 Å². The van der Waals surface area contributed by atoms with Gasteiger partial charge < -0.3 is 4.74 Å². The second-order valence-electron chi connectivity index (χ2n) is 3.20. The third-order valence-electron chi connectivity index (χ3n) is 1.83. The largest absolute Gasteiger partial charge is 0.573 e. The summed E-state index contributed by atoms with van der Waals surface area (Å²) in [7, 11) is 0. The summed E-state index contributed by atoms with van der Waals surface area (Å²) in [5.74, 6) is -0.818. The van der Waals surface area contributed by atoms with Crippen LogP contribution in [0.1, 0.15) is 17.3 Å². The number of alkyl halides is 4. The van der Waals surface area contributed by atoms with Crippen LogP contribution < -0.4 is 4.74 Å². The van der Waals surface area contributed by atoms with Gasteiger partial charge in [0.15, 0.2) is 0 Å². The van der Waals surface area contributed by atoms with Crippen molar-refractivity contribution in [2.75, 3.05) is 0 Å². The number of carbonyl (C=O) groups is 1. The highest BCUT2D eigenvalue weighted by Crippen LogP contribution is 2.36. The van der Waals surface area contributed by atoms with Crippen LogP contribution in [0.15, 0.2) is 18.2 Å². The Morgan fingerprint density at radius 2 is 2.06 bits per heavy atom. The standard InChI is InChI=1S/C10H7BrClF3O2/c1-5(16)9(11)7-3-2-6(12)4-8(7)17-10(13,14)15/h2-4,9H,1H3. The SMILES string of the molecule is CC(=O)C(Br)c1ccc(Cl)cc1OC(F)(F)F. The average molecular weight is 332 g/mol. The topological polar surface area (TPSA) is 26.3 Å². The van der Waals surface area contributed by atoms with Crippen LogP contribution in [0.5, 0.6) is 5.75 Å². The molecule has 0 aromatic heterocycles. The lowest BCUT2D eigenvalue weighted by Crippen LogP contribution is -2.19. The zero-order chi connectivity index (χ0) is 13.2. The van der Waals surface area contributed by atoms with Crippen molar-refractivity contribution in [3.63, 3.8) is 0 Å². The van der Waals surface area contributed by atoms with Gasteiger partial charge in [-0.1, -0.05) is 33.6 Å². The molecule has 0 aliphatic carbocycles. The molecule has 0 radical (unpaired) electrons. The van der Waals surface area contributed by atoms with E-state index in [9.17, 15) is 18.0 Å². The van der Waals surface area contributed by atoms with Gasteiger partial charge in [-0.15, -0.1) is 13.2 Å². The Morgan fingerprint density at radius 1 is 1.47 bits per heavy atom. The highest BCUT2D eigenvalue weighted by Gasteiger charge is 2.33.